The molecule has 0 saturated carbocycles. The molecule has 2 aromatic carbocycles. The Hall–Kier alpha value is -3.81. The summed E-state index contributed by atoms with van der Waals surface area (Å²) in [6, 6.07) is 13.4. The number of hydrogen-bond acceptors (Lipinski definition) is 3. The van der Waals surface area contributed by atoms with Gasteiger partial charge in [0.15, 0.2) is 0 Å². The lowest BCUT2D eigenvalue weighted by atomic mass is 10.1. The number of fused-ring (bicyclic) bond motifs is 1. The van der Waals surface area contributed by atoms with Crippen molar-refractivity contribution in [2.75, 3.05) is 6.54 Å². The molecule has 3 aromatic rings. The van der Waals surface area contributed by atoms with Crippen LogP contribution in [0.15, 0.2) is 54.7 Å². The minimum atomic E-state index is -1.15. The van der Waals surface area contributed by atoms with Crippen LogP contribution in [-0.4, -0.2) is 40.6 Å². The maximum absolute atomic E-state index is 12.1. The first-order chi connectivity index (χ1) is 14.4. The molecule has 0 aliphatic heterocycles. The Morgan fingerprint density at radius 2 is 1.77 bits per heavy atom. The molecule has 0 radical (unpaired) electrons. The van der Waals surface area contributed by atoms with Gasteiger partial charge < -0.3 is 26.0 Å². The fraction of sp³-hybridized carbons (Fsp3) is 0.227. The number of aromatic nitrogens is 1. The van der Waals surface area contributed by atoms with E-state index in [1.165, 1.54) is 0 Å². The van der Waals surface area contributed by atoms with E-state index in [0.717, 1.165) is 27.6 Å². The van der Waals surface area contributed by atoms with Gasteiger partial charge in [0.1, 0.15) is 6.04 Å². The molecule has 0 fully saturated rings. The standard InChI is InChI=1S/C22H24N4O4/c1-14-6-8-15(9-7-14)11-24-20(27)13-25-22(30)26-19(21(28)29)10-16-12-23-18-5-3-2-4-17(16)18/h2-9,12,19,23H,10-11,13H2,1H3,(H,24,27)(H,28,29)(H2,25,26,30)/t19-/m1/s1. The predicted octanol–water partition coefficient (Wildman–Crippen LogP) is 2.09. The van der Waals surface area contributed by atoms with Crippen molar-refractivity contribution < 1.29 is 19.5 Å². The molecular weight excluding hydrogens is 384 g/mol. The van der Waals surface area contributed by atoms with E-state index in [9.17, 15) is 19.5 Å². The van der Waals surface area contributed by atoms with Crippen molar-refractivity contribution in [3.63, 3.8) is 0 Å². The number of nitrogens with one attached hydrogen (secondary N) is 4. The minimum Gasteiger partial charge on any atom is -0.480 e. The van der Waals surface area contributed by atoms with E-state index >= 15 is 0 Å². The number of aryl methyl sites for hydroxylation is 1. The number of amides is 3. The third-order valence-corrected chi connectivity index (χ3v) is 4.72. The first-order valence-corrected chi connectivity index (χ1v) is 9.57. The number of rotatable bonds is 8. The summed E-state index contributed by atoms with van der Waals surface area (Å²) in [5.74, 6) is -1.52. The van der Waals surface area contributed by atoms with Crippen LogP contribution in [0.1, 0.15) is 16.7 Å². The van der Waals surface area contributed by atoms with Gasteiger partial charge in [0.25, 0.3) is 0 Å². The van der Waals surface area contributed by atoms with Crippen LogP contribution in [0.25, 0.3) is 10.9 Å². The number of hydrogen-bond donors (Lipinski definition) is 5. The molecular formula is C22H24N4O4. The first-order valence-electron chi connectivity index (χ1n) is 9.57. The second-order valence-electron chi connectivity index (χ2n) is 7.04. The van der Waals surface area contributed by atoms with Gasteiger partial charge in [-0.15, -0.1) is 0 Å². The third-order valence-electron chi connectivity index (χ3n) is 4.72. The highest BCUT2D eigenvalue weighted by Gasteiger charge is 2.22. The Morgan fingerprint density at radius 3 is 2.50 bits per heavy atom. The van der Waals surface area contributed by atoms with Crippen molar-refractivity contribution in [3.05, 3.63) is 71.4 Å². The second kappa shape index (κ2) is 9.60. The average molecular weight is 408 g/mol. The van der Waals surface area contributed by atoms with E-state index in [4.69, 9.17) is 0 Å². The molecule has 30 heavy (non-hydrogen) atoms. The molecule has 0 aliphatic rings. The summed E-state index contributed by atoms with van der Waals surface area (Å²) in [5, 5.41) is 17.9. The highest BCUT2D eigenvalue weighted by atomic mass is 16.4. The van der Waals surface area contributed by atoms with Crippen LogP contribution in [0.4, 0.5) is 4.79 Å². The number of carbonyl (C=O) groups excluding carboxylic acids is 2. The number of carboxylic acid groups (broad SMARTS) is 1. The minimum absolute atomic E-state index is 0.117. The highest BCUT2D eigenvalue weighted by molar-refractivity contribution is 5.88. The summed E-state index contributed by atoms with van der Waals surface area (Å²) in [6.07, 6.45) is 1.85. The molecule has 0 aliphatic carbocycles. The number of aliphatic carboxylic acids is 1. The highest BCUT2D eigenvalue weighted by Crippen LogP contribution is 2.19. The van der Waals surface area contributed by atoms with Crippen LogP contribution in [0, 0.1) is 6.92 Å². The lowest BCUT2D eigenvalue weighted by Gasteiger charge is -2.15. The predicted molar refractivity (Wildman–Crippen MR) is 113 cm³/mol. The molecule has 3 rings (SSSR count). The molecule has 3 amide bonds. The summed E-state index contributed by atoms with van der Waals surface area (Å²) in [4.78, 5) is 38.7. The summed E-state index contributed by atoms with van der Waals surface area (Å²) in [5.41, 5.74) is 3.76. The summed E-state index contributed by atoms with van der Waals surface area (Å²) < 4.78 is 0. The molecule has 8 nitrogen and oxygen atoms in total. The quantitative estimate of drug-likeness (QED) is 0.392. The monoisotopic (exact) mass is 408 g/mol. The van der Waals surface area contributed by atoms with E-state index in [-0.39, 0.29) is 18.9 Å². The smallest absolute Gasteiger partial charge is 0.326 e. The molecule has 1 aromatic heterocycles. The van der Waals surface area contributed by atoms with Crippen LogP contribution >= 0.6 is 0 Å². The third kappa shape index (κ3) is 5.60. The molecule has 1 atom stereocenters. The number of para-hydroxylation sites is 1. The molecule has 5 N–H and O–H groups in total. The molecule has 0 saturated heterocycles. The topological polar surface area (TPSA) is 123 Å². The van der Waals surface area contributed by atoms with Gasteiger partial charge in [0, 0.05) is 30.1 Å². The zero-order valence-corrected chi connectivity index (χ0v) is 16.6. The fourth-order valence-electron chi connectivity index (χ4n) is 3.06. The van der Waals surface area contributed by atoms with Gasteiger partial charge in [0.05, 0.1) is 6.54 Å². The fourth-order valence-corrected chi connectivity index (χ4v) is 3.06. The molecule has 1 heterocycles. The normalized spacial score (nSPS) is 11.6. The van der Waals surface area contributed by atoms with Crippen LogP contribution in [0.5, 0.6) is 0 Å². The van der Waals surface area contributed by atoms with Crippen LogP contribution in [0.2, 0.25) is 0 Å². The maximum Gasteiger partial charge on any atom is 0.326 e. The number of benzene rings is 2. The van der Waals surface area contributed by atoms with Crippen molar-refractivity contribution in [1.82, 2.24) is 20.9 Å². The number of carbonyl (C=O) groups is 3. The molecule has 0 bridgehead atoms. The molecule has 8 heteroatoms. The SMILES string of the molecule is Cc1ccc(CNC(=O)CNC(=O)N[C@H](Cc2c[nH]c3ccccc23)C(=O)O)cc1. The van der Waals surface area contributed by atoms with Crippen LogP contribution in [0.3, 0.4) is 0 Å². The van der Waals surface area contributed by atoms with Gasteiger partial charge in [-0.2, -0.15) is 0 Å². The Balaban J connectivity index is 1.48. The van der Waals surface area contributed by atoms with Gasteiger partial charge in [0.2, 0.25) is 5.91 Å². The van der Waals surface area contributed by atoms with Crippen LogP contribution < -0.4 is 16.0 Å². The number of H-pyrrole nitrogens is 1. The number of aromatic amines is 1. The summed E-state index contributed by atoms with van der Waals surface area (Å²) in [6.45, 7) is 2.08. The van der Waals surface area contributed by atoms with Gasteiger partial charge >= 0.3 is 12.0 Å². The van der Waals surface area contributed by atoms with E-state index < -0.39 is 18.0 Å². The van der Waals surface area contributed by atoms with Crippen molar-refractivity contribution in [2.45, 2.75) is 25.9 Å². The van der Waals surface area contributed by atoms with E-state index in [1.807, 2.05) is 55.5 Å². The molecule has 0 spiro atoms. The van der Waals surface area contributed by atoms with Crippen molar-refractivity contribution >= 4 is 28.8 Å². The van der Waals surface area contributed by atoms with Gasteiger partial charge in [-0.3, -0.25) is 4.79 Å². The number of urea groups is 1. The second-order valence-corrected chi connectivity index (χ2v) is 7.04. The Bertz CT molecular complexity index is 1040. The summed E-state index contributed by atoms with van der Waals surface area (Å²) in [7, 11) is 0. The van der Waals surface area contributed by atoms with E-state index in [1.54, 1.807) is 6.20 Å². The van der Waals surface area contributed by atoms with Crippen molar-refractivity contribution in [2.24, 2.45) is 0 Å². The Kier molecular flexibility index (Phi) is 6.69. The zero-order chi connectivity index (χ0) is 21.5. The Labute approximate surface area is 173 Å². The number of carboxylic acids is 1. The van der Waals surface area contributed by atoms with Crippen molar-refractivity contribution in [3.8, 4) is 0 Å². The first kappa shape index (κ1) is 20.9. The van der Waals surface area contributed by atoms with Gasteiger partial charge in [-0.05, 0) is 24.1 Å². The molecule has 0 unspecified atom stereocenters. The molecule has 156 valence electrons. The van der Waals surface area contributed by atoms with E-state index in [2.05, 4.69) is 20.9 Å². The average Bonchev–Trinajstić information content (AvgIpc) is 3.14. The lowest BCUT2D eigenvalue weighted by Crippen LogP contribution is -2.49. The largest absolute Gasteiger partial charge is 0.480 e. The van der Waals surface area contributed by atoms with E-state index in [0.29, 0.717) is 6.54 Å². The Morgan fingerprint density at radius 1 is 1.03 bits per heavy atom. The van der Waals surface area contributed by atoms with Crippen LogP contribution in [-0.2, 0) is 22.6 Å². The zero-order valence-electron chi connectivity index (χ0n) is 16.6. The van der Waals surface area contributed by atoms with Gasteiger partial charge in [-0.25, -0.2) is 9.59 Å². The summed E-state index contributed by atoms with van der Waals surface area (Å²) >= 11 is 0. The van der Waals surface area contributed by atoms with Crippen molar-refractivity contribution in [1.29, 1.82) is 0 Å². The lowest BCUT2D eigenvalue weighted by molar-refractivity contribution is -0.139. The maximum atomic E-state index is 12.1. The van der Waals surface area contributed by atoms with Gasteiger partial charge in [-0.1, -0.05) is 48.0 Å².